The minimum atomic E-state index is -0.333. The maximum atomic E-state index is 6.45. The minimum absolute atomic E-state index is 0. The molecule has 0 aromatic rings. The number of rotatable bonds is 3. The molecule has 3 nitrogen and oxygen atoms in total. The Bertz CT molecular complexity index is 158. The molecule has 0 aromatic heterocycles. The van der Waals surface area contributed by atoms with Gasteiger partial charge in [0.2, 0.25) is 0 Å². The van der Waals surface area contributed by atoms with Gasteiger partial charge < -0.3 is 17.2 Å². The van der Waals surface area contributed by atoms with Crippen LogP contribution in [-0.2, 0) is 26.2 Å². The summed E-state index contributed by atoms with van der Waals surface area (Å²) in [6.07, 6.45) is 13.0. The van der Waals surface area contributed by atoms with E-state index < -0.39 is 0 Å². The van der Waals surface area contributed by atoms with Gasteiger partial charge in [0.05, 0.1) is 0 Å². The topological polar surface area (TPSA) is 71.4 Å². The molecule has 0 heterocycles. The Labute approximate surface area is 164 Å². The molecule has 0 spiro atoms. The van der Waals surface area contributed by atoms with Crippen LogP contribution < -0.4 is 0 Å². The van der Waals surface area contributed by atoms with E-state index in [1.165, 1.54) is 0 Å². The summed E-state index contributed by atoms with van der Waals surface area (Å²) >= 11 is -0.333. The molecule has 0 fully saturated rings. The van der Waals surface area contributed by atoms with Crippen LogP contribution in [0, 0.1) is 6.08 Å². The fourth-order valence-electron chi connectivity index (χ4n) is 0.340. The third-order valence-electron chi connectivity index (χ3n) is 1.34. The fraction of sp³-hybridized carbons (Fsp3) is 0.765. The monoisotopic (exact) mass is 448 g/mol. The van der Waals surface area contributed by atoms with E-state index in [1.54, 1.807) is 0 Å². The molecule has 0 amide bonds. The normalized spacial score (nSPS) is 9.73. The van der Waals surface area contributed by atoms with Crippen LogP contribution in [0.25, 0.3) is 17.2 Å². The van der Waals surface area contributed by atoms with Crippen molar-refractivity contribution in [2.75, 3.05) is 19.6 Å². The van der Waals surface area contributed by atoms with Crippen molar-refractivity contribution < 1.29 is 26.2 Å². The molecule has 1 aliphatic rings. The fourth-order valence-corrected chi connectivity index (χ4v) is 0.340. The van der Waals surface area contributed by atoms with E-state index in [4.69, 9.17) is 17.2 Å². The molecular formula is C17H38GeN3Zr. The van der Waals surface area contributed by atoms with Gasteiger partial charge in [-0.05, 0) is 0 Å². The zero-order valence-corrected chi connectivity index (χ0v) is 20.2. The van der Waals surface area contributed by atoms with Gasteiger partial charge in [0.1, 0.15) is 0 Å². The van der Waals surface area contributed by atoms with Crippen LogP contribution >= 0.6 is 0 Å². The number of nitrogens with one attached hydrogen (secondary N) is 3. The van der Waals surface area contributed by atoms with Crippen LogP contribution in [-0.4, -0.2) is 34.0 Å². The van der Waals surface area contributed by atoms with Crippen molar-refractivity contribution in [3.8, 4) is 0 Å². The summed E-state index contributed by atoms with van der Waals surface area (Å²) in [7, 11) is 0. The van der Waals surface area contributed by atoms with Gasteiger partial charge in [-0.15, -0.1) is 6.42 Å². The van der Waals surface area contributed by atoms with Gasteiger partial charge in [0.15, 0.2) is 0 Å². The third kappa shape index (κ3) is 105. The second-order valence-electron chi connectivity index (χ2n) is 4.75. The quantitative estimate of drug-likeness (QED) is 0.329. The summed E-state index contributed by atoms with van der Waals surface area (Å²) in [4.78, 5) is 0. The van der Waals surface area contributed by atoms with Crippen molar-refractivity contribution in [2.24, 2.45) is 0 Å². The first kappa shape index (κ1) is 34.2. The maximum Gasteiger partial charge on any atom is 4.00 e. The van der Waals surface area contributed by atoms with E-state index in [-0.39, 0.29) is 40.6 Å². The SMILES string of the molecule is CCC[NH-].CCC[NH-].CCC[NH-].[C-]1=CC=CC1.[CH3][Ge]([CH3])[CH3].[Zr+4]. The Morgan fingerprint density at radius 3 is 1.18 bits per heavy atom. The van der Waals surface area contributed by atoms with Crippen LogP contribution in [0.2, 0.25) is 17.3 Å². The first-order chi connectivity index (χ1) is 9.97. The zero-order chi connectivity index (χ0) is 17.4. The van der Waals surface area contributed by atoms with E-state index in [2.05, 4.69) is 29.4 Å². The number of allylic oxidation sites excluding steroid dienone is 4. The molecule has 129 valence electrons. The Morgan fingerprint density at radius 1 is 0.864 bits per heavy atom. The molecular weight excluding hydrogens is 410 g/mol. The summed E-state index contributed by atoms with van der Waals surface area (Å²) in [6.45, 7) is 7.69. The van der Waals surface area contributed by atoms with Gasteiger partial charge in [0.25, 0.3) is 0 Å². The van der Waals surface area contributed by atoms with Crippen LogP contribution in [0.5, 0.6) is 0 Å². The molecule has 22 heavy (non-hydrogen) atoms. The molecule has 0 atom stereocenters. The molecule has 0 saturated heterocycles. The predicted molar refractivity (Wildman–Crippen MR) is 103 cm³/mol. The van der Waals surface area contributed by atoms with E-state index in [1.807, 2.05) is 32.9 Å². The Kier molecular flexibility index (Phi) is 66.9. The van der Waals surface area contributed by atoms with Crippen molar-refractivity contribution >= 4 is 14.3 Å². The van der Waals surface area contributed by atoms with E-state index >= 15 is 0 Å². The molecule has 5 heteroatoms. The van der Waals surface area contributed by atoms with Crippen LogP contribution in [0.4, 0.5) is 0 Å². The summed E-state index contributed by atoms with van der Waals surface area (Å²) in [5.74, 6) is 7.00. The third-order valence-corrected chi connectivity index (χ3v) is 1.34. The van der Waals surface area contributed by atoms with Crippen molar-refractivity contribution in [1.29, 1.82) is 0 Å². The Balaban J connectivity index is -0.0000000544. The van der Waals surface area contributed by atoms with E-state index in [0.717, 1.165) is 25.7 Å². The zero-order valence-electron chi connectivity index (χ0n) is 15.7. The molecule has 0 saturated carbocycles. The Morgan fingerprint density at radius 2 is 1.14 bits per heavy atom. The van der Waals surface area contributed by atoms with Crippen LogP contribution in [0.1, 0.15) is 46.5 Å². The number of hydrogen-bond donors (Lipinski definition) is 0. The standard InChI is InChI=1S/C5H5.C3H9Ge.3C3H8N.Zr/c1-2-4-5-3-1;1-4(2)3;3*1-2-3-4;/h1-3H,4H2;1-3H3;3*4H,2-3H2,1H3;/q-1;;3*-1;+4. The molecule has 1 aliphatic carbocycles. The van der Waals surface area contributed by atoms with Crippen molar-refractivity contribution in [1.82, 2.24) is 0 Å². The van der Waals surface area contributed by atoms with Gasteiger partial charge >= 0.3 is 57.8 Å². The average molecular weight is 448 g/mol. The van der Waals surface area contributed by atoms with Gasteiger partial charge in [-0.1, -0.05) is 40.0 Å². The second-order valence-corrected chi connectivity index (χ2v) is 11.0. The van der Waals surface area contributed by atoms with E-state index in [0.29, 0.717) is 19.6 Å². The van der Waals surface area contributed by atoms with E-state index in [9.17, 15) is 0 Å². The first-order valence-corrected chi connectivity index (χ1v) is 14.2. The largest absolute Gasteiger partial charge is 4.00 e. The summed E-state index contributed by atoms with van der Waals surface area (Å²) in [6, 6.07) is 0. The smallest absolute Gasteiger partial charge is 4.00 e. The molecule has 0 aliphatic heterocycles. The molecule has 0 bridgehead atoms. The molecule has 3 N–H and O–H groups in total. The Hall–Kier alpha value is 0.786. The van der Waals surface area contributed by atoms with Crippen molar-refractivity contribution in [2.45, 2.75) is 63.7 Å². The molecule has 0 aromatic carbocycles. The van der Waals surface area contributed by atoms with Crippen LogP contribution in [0.3, 0.4) is 0 Å². The minimum Gasteiger partial charge on any atom is 4.00 e. The summed E-state index contributed by atoms with van der Waals surface area (Å²) in [5.41, 5.74) is 19.4. The number of hydrogen-bond acceptors (Lipinski definition) is 0. The second kappa shape index (κ2) is 43.1. The predicted octanol–water partition coefficient (Wildman–Crippen LogP) is 7.02. The maximum absolute atomic E-state index is 6.45. The van der Waals surface area contributed by atoms with Crippen molar-refractivity contribution in [3.63, 3.8) is 0 Å². The van der Waals surface area contributed by atoms with Gasteiger partial charge in [0, 0.05) is 0 Å². The summed E-state index contributed by atoms with van der Waals surface area (Å²) < 4.78 is 0. The molecule has 1 radical (unpaired) electrons. The average Bonchev–Trinajstić information content (AvgIpc) is 3.06. The van der Waals surface area contributed by atoms with Crippen molar-refractivity contribution in [3.05, 3.63) is 41.5 Å². The molecule has 0 unspecified atom stereocenters. The van der Waals surface area contributed by atoms with Gasteiger partial charge in [-0.25, -0.2) is 12.2 Å². The first-order valence-electron chi connectivity index (χ1n) is 7.90. The van der Waals surface area contributed by atoms with Crippen LogP contribution in [0.15, 0.2) is 18.2 Å². The molecule has 1 rings (SSSR count). The summed E-state index contributed by atoms with van der Waals surface area (Å²) in [5, 5.41) is 0. The van der Waals surface area contributed by atoms with Gasteiger partial charge in [-0.2, -0.15) is 25.7 Å². The van der Waals surface area contributed by atoms with Gasteiger partial charge in [-0.3, -0.25) is 6.08 Å².